The Morgan fingerprint density at radius 1 is 1.04 bits per heavy atom. The minimum Gasteiger partial charge on any atom is -0.368 e. The molecule has 2 aromatic rings. The summed E-state index contributed by atoms with van der Waals surface area (Å²) in [6.45, 7) is 2.90. The summed E-state index contributed by atoms with van der Waals surface area (Å²) in [5, 5.41) is 0.714. The predicted molar refractivity (Wildman–Crippen MR) is 110 cm³/mol. The molecule has 0 saturated carbocycles. The monoisotopic (exact) mass is 401 g/mol. The van der Waals surface area contributed by atoms with Crippen molar-refractivity contribution in [3.8, 4) is 0 Å². The van der Waals surface area contributed by atoms with Crippen molar-refractivity contribution in [2.45, 2.75) is 4.90 Å². The van der Waals surface area contributed by atoms with Crippen molar-refractivity contribution in [1.29, 1.82) is 0 Å². The molecule has 4 rings (SSSR count). The number of benzene rings is 2. The molecule has 0 unspecified atom stereocenters. The van der Waals surface area contributed by atoms with Crippen molar-refractivity contribution >= 4 is 46.6 Å². The number of para-hydroxylation sites is 1. The lowest BCUT2D eigenvalue weighted by Gasteiger charge is -2.37. The number of carbonyl (C=O) groups excluding carboxylic acids is 2. The largest absolute Gasteiger partial charge is 0.368 e. The zero-order valence-electron chi connectivity index (χ0n) is 14.8. The molecule has 0 radical (unpaired) electrons. The molecule has 2 aliphatic rings. The molecule has 0 aromatic heterocycles. The van der Waals surface area contributed by atoms with E-state index in [0.29, 0.717) is 23.9 Å². The molecular weight excluding hydrogens is 382 g/mol. The number of carbonyl (C=O) groups is 2. The van der Waals surface area contributed by atoms with Gasteiger partial charge < -0.3 is 14.7 Å². The SMILES string of the molecule is O=C(CN1C(=O)CSc2ccccc21)N1CCN(c2cccc(Cl)c2)CC1. The highest BCUT2D eigenvalue weighted by molar-refractivity contribution is 8.00. The lowest BCUT2D eigenvalue weighted by Crippen LogP contribution is -2.52. The van der Waals surface area contributed by atoms with Crippen molar-refractivity contribution in [3.05, 3.63) is 53.6 Å². The highest BCUT2D eigenvalue weighted by atomic mass is 35.5. The lowest BCUT2D eigenvalue weighted by molar-refractivity contribution is -0.131. The van der Waals surface area contributed by atoms with E-state index in [-0.39, 0.29) is 18.4 Å². The van der Waals surface area contributed by atoms with Gasteiger partial charge >= 0.3 is 0 Å². The maximum atomic E-state index is 12.8. The summed E-state index contributed by atoms with van der Waals surface area (Å²) in [7, 11) is 0. The Hall–Kier alpha value is -2.18. The van der Waals surface area contributed by atoms with Gasteiger partial charge in [0.25, 0.3) is 0 Å². The standard InChI is InChI=1S/C20H20ClN3O2S/c21-15-4-3-5-16(12-15)22-8-10-23(11-9-22)19(25)13-24-17-6-1-2-7-18(17)27-14-20(24)26/h1-7,12H,8-11,13-14H2. The molecule has 2 aliphatic heterocycles. The fraction of sp³-hybridized carbons (Fsp3) is 0.300. The molecule has 1 saturated heterocycles. The number of fused-ring (bicyclic) bond motifs is 1. The minimum atomic E-state index is -0.00962. The van der Waals surface area contributed by atoms with Gasteiger partial charge in [0.2, 0.25) is 11.8 Å². The molecule has 7 heteroatoms. The van der Waals surface area contributed by atoms with Crippen LogP contribution in [0.15, 0.2) is 53.4 Å². The van der Waals surface area contributed by atoms with Gasteiger partial charge in [-0.3, -0.25) is 9.59 Å². The first-order valence-corrected chi connectivity index (χ1v) is 10.3. The Bertz CT molecular complexity index is 868. The summed E-state index contributed by atoms with van der Waals surface area (Å²) in [6.07, 6.45) is 0. The van der Waals surface area contributed by atoms with Crippen LogP contribution in [0.5, 0.6) is 0 Å². The molecule has 27 heavy (non-hydrogen) atoms. The summed E-state index contributed by atoms with van der Waals surface area (Å²) >= 11 is 7.60. The molecular formula is C20H20ClN3O2S. The number of thioether (sulfide) groups is 1. The highest BCUT2D eigenvalue weighted by Crippen LogP contribution is 2.34. The quantitative estimate of drug-likeness (QED) is 0.792. The van der Waals surface area contributed by atoms with Crippen LogP contribution in [-0.4, -0.2) is 55.2 Å². The number of piperazine rings is 1. The number of anilines is 2. The molecule has 2 aromatic carbocycles. The normalized spacial score (nSPS) is 17.1. The van der Waals surface area contributed by atoms with Crippen LogP contribution in [0.3, 0.4) is 0 Å². The van der Waals surface area contributed by atoms with E-state index in [2.05, 4.69) is 4.90 Å². The second-order valence-electron chi connectivity index (χ2n) is 6.58. The minimum absolute atomic E-state index is 0.00389. The molecule has 0 atom stereocenters. The third kappa shape index (κ3) is 3.92. The van der Waals surface area contributed by atoms with E-state index in [9.17, 15) is 9.59 Å². The van der Waals surface area contributed by atoms with Crippen molar-refractivity contribution < 1.29 is 9.59 Å². The summed E-state index contributed by atoms with van der Waals surface area (Å²) in [4.78, 5) is 31.9. The molecule has 140 valence electrons. The van der Waals surface area contributed by atoms with Gasteiger partial charge in [-0.05, 0) is 30.3 Å². The summed E-state index contributed by atoms with van der Waals surface area (Å²) in [5.74, 6) is 0.368. The van der Waals surface area contributed by atoms with Gasteiger partial charge in [0, 0.05) is 41.8 Å². The average Bonchev–Trinajstić information content (AvgIpc) is 2.70. The van der Waals surface area contributed by atoms with Crippen molar-refractivity contribution in [2.24, 2.45) is 0 Å². The van der Waals surface area contributed by atoms with E-state index < -0.39 is 0 Å². The molecule has 1 fully saturated rings. The van der Waals surface area contributed by atoms with Crippen LogP contribution in [-0.2, 0) is 9.59 Å². The Morgan fingerprint density at radius 2 is 1.81 bits per heavy atom. The lowest BCUT2D eigenvalue weighted by atomic mass is 10.2. The van der Waals surface area contributed by atoms with Crippen molar-refractivity contribution in [2.75, 3.05) is 48.3 Å². The number of nitrogens with zero attached hydrogens (tertiary/aromatic N) is 3. The summed E-state index contributed by atoms with van der Waals surface area (Å²) < 4.78 is 0. The maximum Gasteiger partial charge on any atom is 0.242 e. The molecule has 0 bridgehead atoms. The first-order chi connectivity index (χ1) is 13.1. The first-order valence-electron chi connectivity index (χ1n) is 8.92. The van der Waals surface area contributed by atoms with E-state index >= 15 is 0 Å². The van der Waals surface area contributed by atoms with Gasteiger partial charge in [-0.1, -0.05) is 29.8 Å². The zero-order valence-corrected chi connectivity index (χ0v) is 16.4. The van der Waals surface area contributed by atoms with Crippen molar-refractivity contribution in [1.82, 2.24) is 4.90 Å². The second kappa shape index (κ2) is 7.82. The number of rotatable bonds is 3. The number of hydrogen-bond acceptors (Lipinski definition) is 4. The van der Waals surface area contributed by atoms with Gasteiger partial charge in [0.05, 0.1) is 11.4 Å². The van der Waals surface area contributed by atoms with Gasteiger partial charge in [-0.25, -0.2) is 0 Å². The van der Waals surface area contributed by atoms with E-state index in [4.69, 9.17) is 11.6 Å². The highest BCUT2D eigenvalue weighted by Gasteiger charge is 2.29. The van der Waals surface area contributed by atoms with Gasteiger partial charge in [0.15, 0.2) is 0 Å². The Kier molecular flexibility index (Phi) is 5.27. The number of amides is 2. The van der Waals surface area contributed by atoms with Crippen LogP contribution in [0.2, 0.25) is 5.02 Å². The fourth-order valence-electron chi connectivity index (χ4n) is 3.45. The maximum absolute atomic E-state index is 12.8. The predicted octanol–water partition coefficient (Wildman–Crippen LogP) is 3.13. The van der Waals surface area contributed by atoms with E-state index in [0.717, 1.165) is 29.4 Å². The van der Waals surface area contributed by atoms with Crippen LogP contribution >= 0.6 is 23.4 Å². The second-order valence-corrected chi connectivity index (χ2v) is 8.04. The molecule has 0 spiro atoms. The van der Waals surface area contributed by atoms with Crippen LogP contribution < -0.4 is 9.80 Å². The Morgan fingerprint density at radius 3 is 2.59 bits per heavy atom. The smallest absolute Gasteiger partial charge is 0.242 e. The van der Waals surface area contributed by atoms with Gasteiger partial charge in [-0.2, -0.15) is 0 Å². The molecule has 0 aliphatic carbocycles. The number of halogens is 1. The molecule has 2 heterocycles. The van der Waals surface area contributed by atoms with Crippen LogP contribution in [0, 0.1) is 0 Å². The Labute approximate surface area is 167 Å². The zero-order chi connectivity index (χ0) is 18.8. The fourth-order valence-corrected chi connectivity index (χ4v) is 4.57. The van der Waals surface area contributed by atoms with E-state index in [1.807, 2.05) is 53.4 Å². The average molecular weight is 402 g/mol. The van der Waals surface area contributed by atoms with Gasteiger partial charge in [0.1, 0.15) is 6.54 Å². The molecule has 2 amide bonds. The molecule has 5 nitrogen and oxygen atoms in total. The van der Waals surface area contributed by atoms with Crippen LogP contribution in [0.4, 0.5) is 11.4 Å². The van der Waals surface area contributed by atoms with Gasteiger partial charge in [-0.15, -0.1) is 11.8 Å². The van der Waals surface area contributed by atoms with Crippen LogP contribution in [0.1, 0.15) is 0 Å². The van der Waals surface area contributed by atoms with Crippen LogP contribution in [0.25, 0.3) is 0 Å². The summed E-state index contributed by atoms with van der Waals surface area (Å²) in [5.41, 5.74) is 1.91. The Balaban J connectivity index is 1.39. The number of hydrogen-bond donors (Lipinski definition) is 0. The molecule has 0 N–H and O–H groups in total. The third-order valence-electron chi connectivity index (χ3n) is 4.91. The first kappa shape index (κ1) is 18.2. The van der Waals surface area contributed by atoms with E-state index in [1.165, 1.54) is 11.8 Å². The third-order valence-corrected chi connectivity index (χ3v) is 6.19. The van der Waals surface area contributed by atoms with E-state index in [1.54, 1.807) is 4.90 Å². The summed E-state index contributed by atoms with van der Waals surface area (Å²) in [6, 6.07) is 15.5. The van der Waals surface area contributed by atoms with Crippen molar-refractivity contribution in [3.63, 3.8) is 0 Å². The topological polar surface area (TPSA) is 43.9 Å².